The largest absolute Gasteiger partial charge is 0.314 e. The van der Waals surface area contributed by atoms with Gasteiger partial charge in [0.15, 0.2) is 5.78 Å². The van der Waals surface area contributed by atoms with Crippen LogP contribution in [0.3, 0.4) is 0 Å². The summed E-state index contributed by atoms with van der Waals surface area (Å²) in [5.41, 5.74) is 3.69. The Morgan fingerprint density at radius 2 is 1.92 bits per heavy atom. The first-order chi connectivity index (χ1) is 18.0. The summed E-state index contributed by atoms with van der Waals surface area (Å²) in [7, 11) is 0. The number of aryl methyl sites for hydroxylation is 1. The van der Waals surface area contributed by atoms with Crippen LogP contribution < -0.4 is 16.2 Å². The lowest BCUT2D eigenvalue weighted by molar-refractivity contribution is 0.101. The molecule has 0 aromatic carbocycles. The van der Waals surface area contributed by atoms with Crippen molar-refractivity contribution < 1.29 is 4.79 Å². The Hall–Kier alpha value is -3.43. The van der Waals surface area contributed by atoms with Gasteiger partial charge in [-0.25, -0.2) is 9.97 Å². The summed E-state index contributed by atoms with van der Waals surface area (Å²) >= 11 is 0. The van der Waals surface area contributed by atoms with Gasteiger partial charge in [0.25, 0.3) is 5.56 Å². The van der Waals surface area contributed by atoms with Crippen LogP contribution in [0.2, 0.25) is 0 Å². The van der Waals surface area contributed by atoms with Gasteiger partial charge in [-0.05, 0) is 61.9 Å². The molecule has 0 amide bonds. The first kappa shape index (κ1) is 23.9. The zero-order valence-electron chi connectivity index (χ0n) is 21.5. The van der Waals surface area contributed by atoms with E-state index < -0.39 is 0 Å². The summed E-state index contributed by atoms with van der Waals surface area (Å²) in [6.45, 7) is 7.51. The number of ketones is 1. The molecule has 5 heterocycles. The molecule has 2 fully saturated rings. The van der Waals surface area contributed by atoms with Gasteiger partial charge in [0.05, 0.1) is 5.56 Å². The summed E-state index contributed by atoms with van der Waals surface area (Å²) < 4.78 is 1.73. The Kier molecular flexibility index (Phi) is 6.34. The summed E-state index contributed by atoms with van der Waals surface area (Å²) in [6.07, 6.45) is 10.9. The van der Waals surface area contributed by atoms with Crippen molar-refractivity contribution in [1.29, 1.82) is 0 Å². The maximum Gasteiger partial charge on any atom is 0.263 e. The topological polar surface area (TPSA) is 105 Å². The van der Waals surface area contributed by atoms with Crippen molar-refractivity contribution in [2.45, 2.75) is 58.0 Å². The van der Waals surface area contributed by atoms with E-state index in [0.29, 0.717) is 29.0 Å². The monoisotopic (exact) mass is 499 g/mol. The molecule has 3 aromatic rings. The Morgan fingerprint density at radius 1 is 1.11 bits per heavy atom. The lowest BCUT2D eigenvalue weighted by Crippen LogP contribution is -2.57. The number of Topliss-reactive ketones (excluding diaryl/α,β-unsaturated/α-hetero) is 1. The van der Waals surface area contributed by atoms with Crippen molar-refractivity contribution in [3.8, 4) is 0 Å². The van der Waals surface area contributed by atoms with E-state index in [1.165, 1.54) is 12.5 Å². The fourth-order valence-corrected chi connectivity index (χ4v) is 5.89. The zero-order valence-corrected chi connectivity index (χ0v) is 21.5. The van der Waals surface area contributed by atoms with Gasteiger partial charge >= 0.3 is 0 Å². The number of carbonyl (C=O) groups is 1. The second-order valence-corrected chi connectivity index (χ2v) is 10.4. The third-order valence-electron chi connectivity index (χ3n) is 8.14. The van der Waals surface area contributed by atoms with E-state index >= 15 is 0 Å². The Labute approximate surface area is 216 Å². The lowest BCUT2D eigenvalue weighted by Gasteiger charge is -2.39. The highest BCUT2D eigenvalue weighted by Gasteiger charge is 2.27. The SMILES string of the molecule is CC(=O)c1c(C)c2cnc(Nc3ccc(C4=CCN(C5CNC5)CC4)cn3)nc2n(C2CCCC2)c1=O. The number of hydrogen-bond donors (Lipinski definition) is 2. The van der Waals surface area contributed by atoms with Crippen LogP contribution in [0.25, 0.3) is 16.6 Å². The normalized spacial score (nSPS) is 19.1. The second kappa shape index (κ2) is 9.79. The predicted octanol–water partition coefficient (Wildman–Crippen LogP) is 3.62. The second-order valence-electron chi connectivity index (χ2n) is 10.4. The summed E-state index contributed by atoms with van der Waals surface area (Å²) in [4.78, 5) is 42.1. The van der Waals surface area contributed by atoms with Crippen LogP contribution >= 0.6 is 0 Å². The molecule has 3 aromatic heterocycles. The lowest BCUT2D eigenvalue weighted by atomic mass is 9.99. The molecule has 0 spiro atoms. The molecular weight excluding hydrogens is 466 g/mol. The molecule has 1 saturated carbocycles. The molecule has 0 radical (unpaired) electrons. The molecule has 9 heteroatoms. The number of hydrogen-bond acceptors (Lipinski definition) is 8. The standard InChI is InChI=1S/C28H33N7O2/c1-17-23-16-31-28(33-26(23)35(21-5-3-4-6-21)27(37)25(17)18(2)36)32-24-8-7-20(13-30-24)19-9-11-34(12-10-19)22-14-29-15-22/h7-9,13,16,21-22,29H,3-6,10-12,14-15H2,1-2H3,(H,30,31,32,33). The van der Waals surface area contributed by atoms with E-state index in [9.17, 15) is 9.59 Å². The molecule has 6 rings (SSSR count). The van der Waals surface area contributed by atoms with E-state index in [-0.39, 0.29) is 22.9 Å². The third kappa shape index (κ3) is 4.46. The van der Waals surface area contributed by atoms with Crippen LogP contribution in [-0.2, 0) is 0 Å². The summed E-state index contributed by atoms with van der Waals surface area (Å²) in [5, 5.41) is 7.29. The highest BCUT2D eigenvalue weighted by molar-refractivity contribution is 5.99. The quantitative estimate of drug-likeness (QED) is 0.496. The van der Waals surface area contributed by atoms with Gasteiger partial charge in [0, 0.05) is 56.0 Å². The zero-order chi connectivity index (χ0) is 25.5. The minimum Gasteiger partial charge on any atom is -0.314 e. The van der Waals surface area contributed by atoms with Crippen LogP contribution in [0.4, 0.5) is 11.8 Å². The van der Waals surface area contributed by atoms with Crippen molar-refractivity contribution in [3.63, 3.8) is 0 Å². The van der Waals surface area contributed by atoms with E-state index in [0.717, 1.165) is 69.2 Å². The molecule has 192 valence electrons. The highest BCUT2D eigenvalue weighted by Crippen LogP contribution is 2.32. The van der Waals surface area contributed by atoms with E-state index in [4.69, 9.17) is 4.98 Å². The van der Waals surface area contributed by atoms with Crippen molar-refractivity contribution in [2.24, 2.45) is 0 Å². The minimum atomic E-state index is -0.246. The molecule has 3 aliphatic rings. The van der Waals surface area contributed by atoms with Crippen LogP contribution in [0.5, 0.6) is 0 Å². The number of aromatic nitrogens is 4. The van der Waals surface area contributed by atoms with Crippen LogP contribution in [0, 0.1) is 6.92 Å². The fraction of sp³-hybridized carbons (Fsp3) is 0.464. The Morgan fingerprint density at radius 3 is 2.54 bits per heavy atom. The first-order valence-electron chi connectivity index (χ1n) is 13.3. The number of nitrogens with one attached hydrogen (secondary N) is 2. The molecule has 1 saturated heterocycles. The number of nitrogens with zero attached hydrogens (tertiary/aromatic N) is 5. The van der Waals surface area contributed by atoms with E-state index in [2.05, 4.69) is 37.6 Å². The maximum absolute atomic E-state index is 13.4. The van der Waals surface area contributed by atoms with Crippen molar-refractivity contribution in [3.05, 3.63) is 57.6 Å². The number of pyridine rings is 2. The van der Waals surface area contributed by atoms with Crippen molar-refractivity contribution >= 4 is 34.2 Å². The molecule has 1 aliphatic carbocycles. The van der Waals surface area contributed by atoms with Crippen molar-refractivity contribution in [1.82, 2.24) is 29.7 Å². The van der Waals surface area contributed by atoms with Gasteiger partial charge < -0.3 is 10.6 Å². The molecule has 0 atom stereocenters. The van der Waals surface area contributed by atoms with E-state index in [1.54, 1.807) is 17.7 Å². The Balaban J connectivity index is 1.27. The van der Waals surface area contributed by atoms with E-state index in [1.807, 2.05) is 12.3 Å². The molecule has 2 aliphatic heterocycles. The van der Waals surface area contributed by atoms with Crippen LogP contribution in [0.1, 0.15) is 66.6 Å². The van der Waals surface area contributed by atoms with Crippen molar-refractivity contribution in [2.75, 3.05) is 31.5 Å². The molecule has 9 nitrogen and oxygen atoms in total. The van der Waals surface area contributed by atoms with Gasteiger partial charge in [-0.2, -0.15) is 4.98 Å². The molecule has 37 heavy (non-hydrogen) atoms. The fourth-order valence-electron chi connectivity index (χ4n) is 5.89. The third-order valence-corrected chi connectivity index (χ3v) is 8.14. The van der Waals surface area contributed by atoms with Gasteiger partial charge in [-0.3, -0.25) is 19.1 Å². The summed E-state index contributed by atoms with van der Waals surface area (Å²) in [5.74, 6) is 0.812. The minimum absolute atomic E-state index is 0.0501. The van der Waals surface area contributed by atoms with Gasteiger partial charge in [-0.15, -0.1) is 0 Å². The number of anilines is 2. The van der Waals surface area contributed by atoms with Gasteiger partial charge in [0.2, 0.25) is 5.95 Å². The van der Waals surface area contributed by atoms with Gasteiger partial charge in [-0.1, -0.05) is 18.9 Å². The Bertz CT molecular complexity index is 1430. The first-order valence-corrected chi connectivity index (χ1v) is 13.3. The predicted molar refractivity (Wildman–Crippen MR) is 144 cm³/mol. The summed E-state index contributed by atoms with van der Waals surface area (Å²) in [6, 6.07) is 4.75. The number of fused-ring (bicyclic) bond motifs is 1. The molecular formula is C28H33N7O2. The van der Waals surface area contributed by atoms with Crippen LogP contribution in [0.15, 0.2) is 35.4 Å². The van der Waals surface area contributed by atoms with Gasteiger partial charge in [0.1, 0.15) is 11.5 Å². The van der Waals surface area contributed by atoms with Crippen LogP contribution in [-0.4, -0.2) is 62.4 Å². The maximum atomic E-state index is 13.4. The molecule has 2 N–H and O–H groups in total. The molecule has 0 bridgehead atoms. The average Bonchev–Trinajstić information content (AvgIpc) is 3.38. The number of carbonyl (C=O) groups excluding carboxylic acids is 1. The number of rotatable bonds is 6. The smallest absolute Gasteiger partial charge is 0.263 e. The molecule has 0 unspecified atom stereocenters. The highest BCUT2D eigenvalue weighted by atomic mass is 16.1. The average molecular weight is 500 g/mol.